The van der Waals surface area contributed by atoms with E-state index in [4.69, 9.17) is 16.0 Å². The molecule has 21 heavy (non-hydrogen) atoms. The van der Waals surface area contributed by atoms with E-state index >= 15 is 0 Å². The van der Waals surface area contributed by atoms with Crippen LogP contribution in [0.3, 0.4) is 0 Å². The predicted molar refractivity (Wildman–Crippen MR) is 79.9 cm³/mol. The zero-order chi connectivity index (χ0) is 15.2. The number of halogens is 1. The van der Waals surface area contributed by atoms with Crippen molar-refractivity contribution in [3.8, 4) is 0 Å². The fourth-order valence-corrected chi connectivity index (χ4v) is 1.90. The highest BCUT2D eigenvalue weighted by Gasteiger charge is 2.15. The molecule has 0 bridgehead atoms. The first kappa shape index (κ1) is 15.1. The number of furan rings is 1. The average Bonchev–Trinajstić information content (AvgIpc) is 2.93. The lowest BCUT2D eigenvalue weighted by atomic mass is 10.3. The second kappa shape index (κ2) is 6.95. The largest absolute Gasteiger partial charge is 0.467 e. The van der Waals surface area contributed by atoms with Crippen LogP contribution in [0.5, 0.6) is 0 Å². The molecule has 0 saturated carbocycles. The van der Waals surface area contributed by atoms with Crippen LogP contribution in [-0.4, -0.2) is 23.3 Å². The fraction of sp³-hybridized carbons (Fsp3) is 0.200. The summed E-state index contributed by atoms with van der Waals surface area (Å²) < 4.78 is 5.19. The van der Waals surface area contributed by atoms with Crippen molar-refractivity contribution in [3.63, 3.8) is 0 Å². The molecule has 0 unspecified atom stereocenters. The molecule has 0 aliphatic carbocycles. The summed E-state index contributed by atoms with van der Waals surface area (Å²) in [4.78, 5) is 25.0. The second-order valence-corrected chi connectivity index (χ2v) is 4.95. The average molecular weight is 307 g/mol. The van der Waals surface area contributed by atoms with Gasteiger partial charge in [-0.2, -0.15) is 0 Å². The second-order valence-electron chi connectivity index (χ2n) is 4.51. The third kappa shape index (κ3) is 4.65. The molecule has 2 amide bonds. The Morgan fingerprint density at radius 3 is 2.52 bits per heavy atom. The van der Waals surface area contributed by atoms with Crippen LogP contribution in [0.15, 0.2) is 47.1 Å². The van der Waals surface area contributed by atoms with E-state index in [-0.39, 0.29) is 24.9 Å². The molecule has 5 nitrogen and oxygen atoms in total. The van der Waals surface area contributed by atoms with Crippen LogP contribution in [0, 0.1) is 0 Å². The van der Waals surface area contributed by atoms with Gasteiger partial charge in [0.15, 0.2) is 0 Å². The highest BCUT2D eigenvalue weighted by Crippen LogP contribution is 2.13. The molecule has 0 atom stereocenters. The van der Waals surface area contributed by atoms with Crippen molar-refractivity contribution >= 4 is 29.1 Å². The molecule has 1 aromatic carbocycles. The summed E-state index contributed by atoms with van der Waals surface area (Å²) >= 11 is 5.78. The lowest BCUT2D eigenvalue weighted by Crippen LogP contribution is -2.36. The number of nitrogens with zero attached hydrogens (tertiary/aromatic N) is 1. The Morgan fingerprint density at radius 2 is 1.95 bits per heavy atom. The number of benzene rings is 1. The number of anilines is 1. The lowest BCUT2D eigenvalue weighted by molar-refractivity contribution is -0.133. The summed E-state index contributed by atoms with van der Waals surface area (Å²) in [5.74, 6) is 0.154. The van der Waals surface area contributed by atoms with Gasteiger partial charge in [0.1, 0.15) is 12.3 Å². The Balaban J connectivity index is 1.95. The van der Waals surface area contributed by atoms with E-state index in [0.717, 1.165) is 0 Å². The Hall–Kier alpha value is -2.27. The molecule has 110 valence electrons. The Morgan fingerprint density at radius 1 is 1.24 bits per heavy atom. The topological polar surface area (TPSA) is 62.6 Å². The summed E-state index contributed by atoms with van der Waals surface area (Å²) in [6.45, 7) is 1.63. The first-order valence-corrected chi connectivity index (χ1v) is 6.75. The van der Waals surface area contributed by atoms with Gasteiger partial charge in [-0.05, 0) is 36.4 Å². The van der Waals surface area contributed by atoms with Crippen molar-refractivity contribution in [1.82, 2.24) is 4.90 Å². The van der Waals surface area contributed by atoms with Gasteiger partial charge in [0.2, 0.25) is 11.8 Å². The Kier molecular flexibility index (Phi) is 5.00. The molecule has 0 fully saturated rings. The van der Waals surface area contributed by atoms with Gasteiger partial charge in [-0.25, -0.2) is 0 Å². The van der Waals surface area contributed by atoms with Crippen molar-refractivity contribution in [2.45, 2.75) is 13.5 Å². The summed E-state index contributed by atoms with van der Waals surface area (Å²) in [6, 6.07) is 10.3. The molecule has 2 rings (SSSR count). The molecule has 6 heteroatoms. The van der Waals surface area contributed by atoms with Crippen LogP contribution in [-0.2, 0) is 16.1 Å². The number of rotatable bonds is 5. The molecule has 2 aromatic rings. The molecule has 0 aliphatic heterocycles. The zero-order valence-corrected chi connectivity index (χ0v) is 12.3. The van der Waals surface area contributed by atoms with Crippen LogP contribution in [0.2, 0.25) is 5.02 Å². The van der Waals surface area contributed by atoms with Gasteiger partial charge in [0.25, 0.3) is 0 Å². The van der Waals surface area contributed by atoms with Crippen molar-refractivity contribution < 1.29 is 14.0 Å². The maximum Gasteiger partial charge on any atom is 0.244 e. The number of carbonyl (C=O) groups is 2. The Bertz CT molecular complexity index is 608. The quantitative estimate of drug-likeness (QED) is 0.924. The predicted octanol–water partition coefficient (Wildman–Crippen LogP) is 2.92. The van der Waals surface area contributed by atoms with Gasteiger partial charge in [-0.1, -0.05) is 11.6 Å². The number of hydrogen-bond acceptors (Lipinski definition) is 3. The van der Waals surface area contributed by atoms with Crippen molar-refractivity contribution in [2.75, 3.05) is 11.9 Å². The molecule has 1 aromatic heterocycles. The number of nitrogens with one attached hydrogen (secondary N) is 1. The minimum atomic E-state index is -0.279. The molecular weight excluding hydrogens is 292 g/mol. The summed E-state index contributed by atoms with van der Waals surface area (Å²) in [6.07, 6.45) is 1.53. The standard InChI is InChI=1S/C15H15ClN2O3/c1-11(19)18(9-14-3-2-8-21-14)10-15(20)17-13-6-4-12(16)5-7-13/h2-8H,9-10H2,1H3,(H,17,20). The van der Waals surface area contributed by atoms with Gasteiger partial charge in [-0.3, -0.25) is 9.59 Å². The summed E-state index contributed by atoms with van der Waals surface area (Å²) in [7, 11) is 0. The lowest BCUT2D eigenvalue weighted by Gasteiger charge is -2.19. The van der Waals surface area contributed by atoms with E-state index in [0.29, 0.717) is 16.5 Å². The van der Waals surface area contributed by atoms with Crippen LogP contribution in [0.25, 0.3) is 0 Å². The summed E-state index contributed by atoms with van der Waals surface area (Å²) in [5.41, 5.74) is 0.630. The van der Waals surface area contributed by atoms with Gasteiger partial charge in [0, 0.05) is 17.6 Å². The van der Waals surface area contributed by atoms with E-state index in [9.17, 15) is 9.59 Å². The van der Waals surface area contributed by atoms with Crippen LogP contribution in [0.1, 0.15) is 12.7 Å². The van der Waals surface area contributed by atoms with E-state index in [1.54, 1.807) is 36.4 Å². The van der Waals surface area contributed by atoms with Crippen molar-refractivity contribution in [3.05, 3.63) is 53.4 Å². The maximum absolute atomic E-state index is 12.0. The smallest absolute Gasteiger partial charge is 0.244 e. The SMILES string of the molecule is CC(=O)N(CC(=O)Nc1ccc(Cl)cc1)Cc1ccco1. The van der Waals surface area contributed by atoms with E-state index in [1.807, 2.05) is 0 Å². The van der Waals surface area contributed by atoms with Gasteiger partial charge < -0.3 is 14.6 Å². The minimum absolute atomic E-state index is 0.0430. The highest BCUT2D eigenvalue weighted by atomic mass is 35.5. The molecule has 0 spiro atoms. The van der Waals surface area contributed by atoms with Crippen molar-refractivity contribution in [1.29, 1.82) is 0 Å². The first-order valence-electron chi connectivity index (χ1n) is 6.38. The third-order valence-corrected chi connectivity index (χ3v) is 3.09. The maximum atomic E-state index is 12.0. The Labute approximate surface area is 127 Å². The first-order chi connectivity index (χ1) is 10.0. The third-order valence-electron chi connectivity index (χ3n) is 2.83. The molecule has 0 saturated heterocycles. The normalized spacial score (nSPS) is 10.2. The highest BCUT2D eigenvalue weighted by molar-refractivity contribution is 6.30. The van der Waals surface area contributed by atoms with Crippen LogP contribution in [0.4, 0.5) is 5.69 Å². The molecule has 0 aliphatic rings. The fourth-order valence-electron chi connectivity index (χ4n) is 1.78. The van der Waals surface area contributed by atoms with Gasteiger partial charge >= 0.3 is 0 Å². The van der Waals surface area contributed by atoms with Gasteiger partial charge in [-0.15, -0.1) is 0 Å². The van der Waals surface area contributed by atoms with Crippen LogP contribution < -0.4 is 5.32 Å². The molecular formula is C15H15ClN2O3. The molecule has 0 radical (unpaired) electrons. The number of amides is 2. The summed E-state index contributed by atoms with van der Waals surface area (Å²) in [5, 5.41) is 3.31. The van der Waals surface area contributed by atoms with Crippen LogP contribution >= 0.6 is 11.6 Å². The van der Waals surface area contributed by atoms with E-state index in [1.165, 1.54) is 18.1 Å². The van der Waals surface area contributed by atoms with Crippen molar-refractivity contribution in [2.24, 2.45) is 0 Å². The number of hydrogen-bond donors (Lipinski definition) is 1. The zero-order valence-electron chi connectivity index (χ0n) is 11.5. The van der Waals surface area contributed by atoms with E-state index in [2.05, 4.69) is 5.32 Å². The minimum Gasteiger partial charge on any atom is -0.467 e. The monoisotopic (exact) mass is 306 g/mol. The van der Waals surface area contributed by atoms with Gasteiger partial charge in [0.05, 0.1) is 12.8 Å². The molecule has 1 heterocycles. The molecule has 1 N–H and O–H groups in total. The van der Waals surface area contributed by atoms with E-state index < -0.39 is 0 Å². The number of carbonyl (C=O) groups excluding carboxylic acids is 2.